The molecule has 0 bridgehead atoms. The van der Waals surface area contributed by atoms with Crippen LogP contribution >= 0.6 is 11.3 Å². The van der Waals surface area contributed by atoms with E-state index < -0.39 is 0 Å². The fourth-order valence-corrected chi connectivity index (χ4v) is 4.96. The van der Waals surface area contributed by atoms with Crippen LogP contribution in [0.15, 0.2) is 48.5 Å². The molecule has 1 aromatic heterocycles. The molecule has 0 saturated carbocycles. The maximum absolute atomic E-state index is 12.7. The van der Waals surface area contributed by atoms with Crippen LogP contribution in [0.2, 0.25) is 0 Å². The number of aromatic nitrogens is 1. The number of fused-ring (bicyclic) bond motifs is 1. The third-order valence-corrected chi connectivity index (χ3v) is 6.75. The number of rotatable bonds is 6. The number of anilines is 1. The van der Waals surface area contributed by atoms with E-state index >= 15 is 0 Å². The van der Waals surface area contributed by atoms with Crippen LogP contribution in [-0.4, -0.2) is 50.2 Å². The molecule has 1 saturated heterocycles. The molecule has 1 atom stereocenters. The molecule has 0 unspecified atom stereocenters. The number of para-hydroxylation sites is 3. The van der Waals surface area contributed by atoms with Gasteiger partial charge in [-0.15, -0.1) is 11.3 Å². The quantitative estimate of drug-likeness (QED) is 0.556. The average Bonchev–Trinajstić information content (AvgIpc) is 3.16. The van der Waals surface area contributed by atoms with E-state index in [0.29, 0.717) is 5.75 Å². The highest BCUT2D eigenvalue weighted by molar-refractivity contribution is 7.18. The van der Waals surface area contributed by atoms with Crippen LogP contribution in [-0.2, 0) is 11.3 Å². The Hall–Kier alpha value is -2.48. The van der Waals surface area contributed by atoms with E-state index in [0.717, 1.165) is 43.9 Å². The van der Waals surface area contributed by atoms with Gasteiger partial charge in [0.2, 0.25) is 0 Å². The van der Waals surface area contributed by atoms with E-state index in [1.807, 2.05) is 37.3 Å². The third kappa shape index (κ3) is 4.58. The topological polar surface area (TPSA) is 60.1 Å². The van der Waals surface area contributed by atoms with Gasteiger partial charge in [0.05, 0.1) is 23.0 Å². The lowest BCUT2D eigenvalue weighted by Gasteiger charge is -2.32. The van der Waals surface area contributed by atoms with E-state index in [2.05, 4.69) is 23.5 Å². The van der Waals surface area contributed by atoms with Gasteiger partial charge in [0, 0.05) is 0 Å². The molecule has 1 amide bonds. The predicted octanol–water partition coefficient (Wildman–Crippen LogP) is 0.616. The molecule has 4 rings (SSSR count). The lowest BCUT2D eigenvalue weighted by Crippen LogP contribution is -3.29. The largest absolute Gasteiger partial charge is 0.495 e. The highest BCUT2D eigenvalue weighted by Crippen LogP contribution is 2.23. The summed E-state index contributed by atoms with van der Waals surface area (Å²) in [5, 5.41) is 4.23. The maximum atomic E-state index is 12.7. The van der Waals surface area contributed by atoms with E-state index in [1.165, 1.54) is 14.6 Å². The summed E-state index contributed by atoms with van der Waals surface area (Å²) in [5.74, 6) is 0.729. The van der Waals surface area contributed by atoms with Gasteiger partial charge in [-0.3, -0.25) is 4.79 Å². The molecule has 0 spiro atoms. The molecular formula is C22H28N4O2S+2. The Bertz CT molecular complexity index is 949. The second kappa shape index (κ2) is 8.90. The first-order valence-electron chi connectivity index (χ1n) is 10.1. The van der Waals surface area contributed by atoms with Crippen LogP contribution in [0.25, 0.3) is 10.2 Å². The standard InChI is InChI=1S/C22H26N4O2S/c1-16(22(27)24-17-7-3-5-9-19(17)28-2)26-13-11-25(12-14-26)15-21-23-18-8-4-6-10-20(18)29-21/h3-10,16H,11-15H2,1-2H3,(H,24,27)/p+2/t16-/m0/s1. The van der Waals surface area contributed by atoms with Crippen molar-refractivity contribution in [1.82, 2.24) is 4.98 Å². The SMILES string of the molecule is COc1ccccc1NC(=O)[C@H](C)[NH+]1CC[NH+](Cc2nc3ccccc3s2)CC1. The first-order chi connectivity index (χ1) is 14.1. The van der Waals surface area contributed by atoms with Crippen molar-refractivity contribution >= 4 is 33.1 Å². The average molecular weight is 413 g/mol. The molecule has 1 aliphatic heterocycles. The molecule has 6 nitrogen and oxygen atoms in total. The molecule has 3 N–H and O–H groups in total. The number of carbonyl (C=O) groups is 1. The molecule has 1 aliphatic rings. The molecule has 1 fully saturated rings. The number of methoxy groups -OCH3 is 1. The number of nitrogens with zero attached hydrogens (tertiary/aromatic N) is 1. The van der Waals surface area contributed by atoms with Crippen molar-refractivity contribution in [1.29, 1.82) is 0 Å². The lowest BCUT2D eigenvalue weighted by molar-refractivity contribution is -1.02. The maximum Gasteiger partial charge on any atom is 0.282 e. The van der Waals surface area contributed by atoms with Crippen molar-refractivity contribution in [3.63, 3.8) is 0 Å². The van der Waals surface area contributed by atoms with Gasteiger partial charge in [-0.25, -0.2) is 4.98 Å². The zero-order valence-corrected chi connectivity index (χ0v) is 17.7. The summed E-state index contributed by atoms with van der Waals surface area (Å²) in [5.41, 5.74) is 1.82. The van der Waals surface area contributed by atoms with Crippen LogP contribution in [0.4, 0.5) is 5.69 Å². The Morgan fingerprint density at radius 1 is 1.14 bits per heavy atom. The number of thiazole rings is 1. The fourth-order valence-electron chi connectivity index (χ4n) is 3.92. The number of nitrogens with one attached hydrogen (secondary N) is 3. The van der Waals surface area contributed by atoms with E-state index in [9.17, 15) is 4.79 Å². The number of carbonyl (C=O) groups excluding carboxylic acids is 1. The molecule has 2 aromatic carbocycles. The van der Waals surface area contributed by atoms with Crippen molar-refractivity contribution in [3.8, 4) is 5.75 Å². The van der Waals surface area contributed by atoms with Gasteiger partial charge < -0.3 is 19.9 Å². The number of amides is 1. The van der Waals surface area contributed by atoms with E-state index in [-0.39, 0.29) is 11.9 Å². The summed E-state index contributed by atoms with van der Waals surface area (Å²) in [6.07, 6.45) is 0. The van der Waals surface area contributed by atoms with Gasteiger partial charge in [0.1, 0.15) is 43.5 Å². The van der Waals surface area contributed by atoms with Gasteiger partial charge in [-0.05, 0) is 31.2 Å². The van der Waals surface area contributed by atoms with Crippen LogP contribution in [0.5, 0.6) is 5.75 Å². The van der Waals surface area contributed by atoms with Crippen LogP contribution < -0.4 is 19.9 Å². The minimum absolute atomic E-state index is 0.0409. The second-order valence-corrected chi connectivity index (χ2v) is 8.69. The zero-order valence-electron chi connectivity index (χ0n) is 16.9. The summed E-state index contributed by atoms with van der Waals surface area (Å²) in [6, 6.07) is 15.8. The van der Waals surface area contributed by atoms with Crippen molar-refractivity contribution in [2.75, 3.05) is 38.6 Å². The summed E-state index contributed by atoms with van der Waals surface area (Å²) in [6.45, 7) is 7.06. The number of benzene rings is 2. The van der Waals surface area contributed by atoms with E-state index in [4.69, 9.17) is 9.72 Å². The number of hydrogen-bond acceptors (Lipinski definition) is 4. The summed E-state index contributed by atoms with van der Waals surface area (Å²) in [4.78, 5) is 20.4. The highest BCUT2D eigenvalue weighted by atomic mass is 32.1. The van der Waals surface area contributed by atoms with Crippen LogP contribution in [0.1, 0.15) is 11.9 Å². The van der Waals surface area contributed by atoms with Crippen molar-refractivity contribution in [3.05, 3.63) is 53.5 Å². The van der Waals surface area contributed by atoms with E-state index in [1.54, 1.807) is 23.3 Å². The molecule has 2 heterocycles. The Kier molecular flexibility index (Phi) is 6.08. The van der Waals surface area contributed by atoms with Crippen molar-refractivity contribution in [2.45, 2.75) is 19.5 Å². The highest BCUT2D eigenvalue weighted by Gasteiger charge is 2.31. The number of quaternary nitrogens is 2. The fraction of sp³-hybridized carbons (Fsp3) is 0.364. The Morgan fingerprint density at radius 3 is 2.62 bits per heavy atom. The summed E-state index contributed by atoms with van der Waals surface area (Å²) < 4.78 is 6.59. The van der Waals surface area contributed by atoms with Gasteiger partial charge in [-0.1, -0.05) is 24.3 Å². The van der Waals surface area contributed by atoms with Gasteiger partial charge >= 0.3 is 0 Å². The van der Waals surface area contributed by atoms with Crippen molar-refractivity contribution in [2.24, 2.45) is 0 Å². The van der Waals surface area contributed by atoms with Crippen LogP contribution in [0, 0.1) is 0 Å². The molecule has 29 heavy (non-hydrogen) atoms. The molecular weight excluding hydrogens is 384 g/mol. The molecule has 0 radical (unpaired) electrons. The molecule has 0 aliphatic carbocycles. The van der Waals surface area contributed by atoms with Crippen LogP contribution in [0.3, 0.4) is 0 Å². The first-order valence-corrected chi connectivity index (χ1v) is 10.9. The van der Waals surface area contributed by atoms with Gasteiger partial charge in [-0.2, -0.15) is 0 Å². The monoisotopic (exact) mass is 412 g/mol. The molecule has 152 valence electrons. The minimum Gasteiger partial charge on any atom is -0.495 e. The Morgan fingerprint density at radius 2 is 1.86 bits per heavy atom. The minimum atomic E-state index is -0.0936. The number of hydrogen-bond donors (Lipinski definition) is 3. The Balaban J connectivity index is 1.31. The van der Waals surface area contributed by atoms with Gasteiger partial charge in [0.15, 0.2) is 6.04 Å². The molecule has 3 aromatic rings. The third-order valence-electron chi connectivity index (χ3n) is 5.71. The van der Waals surface area contributed by atoms with Crippen molar-refractivity contribution < 1.29 is 19.3 Å². The zero-order chi connectivity index (χ0) is 20.2. The smallest absolute Gasteiger partial charge is 0.282 e. The second-order valence-electron chi connectivity index (χ2n) is 7.57. The van der Waals surface area contributed by atoms with Gasteiger partial charge in [0.25, 0.3) is 5.91 Å². The predicted molar refractivity (Wildman–Crippen MR) is 116 cm³/mol. The Labute approximate surface area is 175 Å². The molecule has 7 heteroatoms. The first kappa shape index (κ1) is 19.8. The lowest BCUT2D eigenvalue weighted by atomic mass is 10.2. The number of ether oxygens (including phenoxy) is 1. The summed E-state index contributed by atoms with van der Waals surface area (Å²) in [7, 11) is 1.62. The number of piperazine rings is 1. The summed E-state index contributed by atoms with van der Waals surface area (Å²) >= 11 is 1.79. The normalized spacial score (nSPS) is 20.3.